The van der Waals surface area contributed by atoms with Gasteiger partial charge in [0.2, 0.25) is 0 Å². The average molecular weight is 440 g/mol. The Morgan fingerprint density at radius 1 is 1.13 bits per heavy atom. The van der Waals surface area contributed by atoms with Gasteiger partial charge in [0.1, 0.15) is 11.6 Å². The molecule has 0 radical (unpaired) electrons. The predicted octanol–water partition coefficient (Wildman–Crippen LogP) is 4.29. The van der Waals surface area contributed by atoms with Gasteiger partial charge in [-0.1, -0.05) is 6.07 Å². The highest BCUT2D eigenvalue weighted by molar-refractivity contribution is 5.89. The molecule has 0 saturated heterocycles. The molecule has 2 amide bonds. The number of benzene rings is 2. The van der Waals surface area contributed by atoms with Gasteiger partial charge in [0.05, 0.1) is 24.5 Å². The lowest BCUT2D eigenvalue weighted by Gasteiger charge is -2.11. The number of hydrogen-bond acceptors (Lipinski definition) is 3. The third-order valence-electron chi connectivity index (χ3n) is 4.26. The number of halogens is 5. The van der Waals surface area contributed by atoms with E-state index in [1.807, 2.05) is 0 Å². The maximum absolute atomic E-state index is 13.7. The zero-order valence-electron chi connectivity index (χ0n) is 16.1. The van der Waals surface area contributed by atoms with E-state index >= 15 is 0 Å². The summed E-state index contributed by atoms with van der Waals surface area (Å²) in [6.45, 7) is 0.693. The van der Waals surface area contributed by atoms with Crippen LogP contribution < -0.4 is 10.6 Å². The quantitative estimate of drug-likeness (QED) is 0.518. The minimum atomic E-state index is -4.74. The maximum Gasteiger partial charge on any atom is 0.435 e. The Hall–Kier alpha value is -3.47. The molecule has 3 N–H and O–H groups in total. The molecule has 31 heavy (non-hydrogen) atoms. The van der Waals surface area contributed by atoms with E-state index in [2.05, 4.69) is 15.7 Å². The van der Waals surface area contributed by atoms with E-state index in [-0.39, 0.29) is 29.2 Å². The SMILES string of the molecule is Cc1cc(F)cc(-n2nc(C(F)(F)F)cc2CNC(=O)Nc2ccc(CO)c(F)c2)c1. The third-order valence-corrected chi connectivity index (χ3v) is 4.26. The summed E-state index contributed by atoms with van der Waals surface area (Å²) in [4.78, 5) is 12.1. The summed E-state index contributed by atoms with van der Waals surface area (Å²) in [7, 11) is 0. The predicted molar refractivity (Wildman–Crippen MR) is 101 cm³/mol. The first kappa shape index (κ1) is 22.2. The molecule has 0 aliphatic carbocycles. The fourth-order valence-electron chi connectivity index (χ4n) is 2.85. The molecule has 0 spiro atoms. The molecule has 2 aromatic carbocycles. The van der Waals surface area contributed by atoms with E-state index in [0.717, 1.165) is 22.9 Å². The highest BCUT2D eigenvalue weighted by atomic mass is 19.4. The van der Waals surface area contributed by atoms with Gasteiger partial charge in [0.15, 0.2) is 5.69 Å². The first-order valence-corrected chi connectivity index (χ1v) is 8.94. The summed E-state index contributed by atoms with van der Waals surface area (Å²) in [6.07, 6.45) is -4.74. The summed E-state index contributed by atoms with van der Waals surface area (Å²) in [5.41, 5.74) is -0.587. The molecule has 0 saturated carbocycles. The van der Waals surface area contributed by atoms with Crippen molar-refractivity contribution in [2.45, 2.75) is 26.3 Å². The fraction of sp³-hybridized carbons (Fsp3) is 0.200. The molecule has 0 aliphatic rings. The maximum atomic E-state index is 13.7. The molecule has 3 aromatic rings. The standard InChI is InChI=1S/C20H17F5N4O2/c1-11-4-13(21)6-15(5-11)29-16(8-18(28-29)20(23,24)25)9-26-19(31)27-14-3-2-12(10-30)17(22)7-14/h2-8,30H,9-10H2,1H3,(H2,26,27,31). The Morgan fingerprint density at radius 3 is 2.48 bits per heavy atom. The van der Waals surface area contributed by atoms with E-state index in [4.69, 9.17) is 5.11 Å². The smallest absolute Gasteiger partial charge is 0.392 e. The number of hydrogen-bond donors (Lipinski definition) is 3. The number of nitrogens with one attached hydrogen (secondary N) is 2. The minimum absolute atomic E-state index is 0.0416. The van der Waals surface area contributed by atoms with Gasteiger partial charge in [-0.3, -0.25) is 0 Å². The number of alkyl halides is 3. The van der Waals surface area contributed by atoms with Crippen LogP contribution in [-0.4, -0.2) is 20.9 Å². The van der Waals surface area contributed by atoms with E-state index in [9.17, 15) is 26.7 Å². The highest BCUT2D eigenvalue weighted by Gasteiger charge is 2.35. The minimum Gasteiger partial charge on any atom is -0.392 e. The Balaban J connectivity index is 1.81. The van der Waals surface area contributed by atoms with E-state index in [1.165, 1.54) is 24.3 Å². The lowest BCUT2D eigenvalue weighted by atomic mass is 10.2. The van der Waals surface area contributed by atoms with Crippen LogP contribution in [0.3, 0.4) is 0 Å². The van der Waals surface area contributed by atoms with Crippen LogP contribution in [0.5, 0.6) is 0 Å². The molecular weight excluding hydrogens is 423 g/mol. The molecule has 1 heterocycles. The van der Waals surface area contributed by atoms with Gasteiger partial charge in [0.25, 0.3) is 0 Å². The zero-order chi connectivity index (χ0) is 22.8. The lowest BCUT2D eigenvalue weighted by Crippen LogP contribution is -2.29. The summed E-state index contributed by atoms with van der Waals surface area (Å²) >= 11 is 0. The first-order valence-electron chi connectivity index (χ1n) is 8.94. The number of nitrogens with zero attached hydrogens (tertiary/aromatic N) is 2. The molecule has 6 nitrogen and oxygen atoms in total. The van der Waals surface area contributed by atoms with Crippen molar-refractivity contribution in [1.82, 2.24) is 15.1 Å². The van der Waals surface area contributed by atoms with Crippen LogP contribution in [0.4, 0.5) is 32.4 Å². The topological polar surface area (TPSA) is 79.2 Å². The van der Waals surface area contributed by atoms with Crippen LogP contribution in [0.2, 0.25) is 0 Å². The van der Waals surface area contributed by atoms with Crippen LogP contribution in [0.1, 0.15) is 22.5 Å². The number of aliphatic hydroxyl groups excluding tert-OH is 1. The fourth-order valence-corrected chi connectivity index (χ4v) is 2.85. The van der Waals surface area contributed by atoms with Crippen LogP contribution in [0.15, 0.2) is 42.5 Å². The number of aryl methyl sites for hydroxylation is 1. The number of carbonyl (C=O) groups is 1. The number of anilines is 1. The largest absolute Gasteiger partial charge is 0.435 e. The molecule has 1 aromatic heterocycles. The summed E-state index contributed by atoms with van der Waals surface area (Å²) in [5.74, 6) is -1.38. The Bertz CT molecular complexity index is 1090. The van der Waals surface area contributed by atoms with Gasteiger partial charge in [-0.25, -0.2) is 18.3 Å². The number of urea groups is 1. The van der Waals surface area contributed by atoms with Crippen molar-refractivity contribution in [3.05, 3.63) is 76.6 Å². The number of carbonyl (C=O) groups excluding carboxylic acids is 1. The Labute approximate surface area is 173 Å². The zero-order valence-corrected chi connectivity index (χ0v) is 16.1. The normalized spacial score (nSPS) is 11.5. The van der Waals surface area contributed by atoms with Crippen molar-refractivity contribution < 1.29 is 31.9 Å². The molecule has 0 atom stereocenters. The lowest BCUT2D eigenvalue weighted by molar-refractivity contribution is -0.141. The molecule has 0 unspecified atom stereocenters. The van der Waals surface area contributed by atoms with Gasteiger partial charge in [-0.15, -0.1) is 0 Å². The van der Waals surface area contributed by atoms with E-state index < -0.39 is 36.1 Å². The number of amides is 2. The van der Waals surface area contributed by atoms with Crippen molar-refractivity contribution in [3.8, 4) is 5.69 Å². The van der Waals surface area contributed by atoms with Gasteiger partial charge in [0, 0.05) is 11.3 Å². The second kappa shape index (κ2) is 8.72. The number of aliphatic hydroxyl groups is 1. The van der Waals surface area contributed by atoms with Gasteiger partial charge >= 0.3 is 12.2 Å². The molecule has 3 rings (SSSR count). The van der Waals surface area contributed by atoms with Crippen LogP contribution >= 0.6 is 0 Å². The molecule has 164 valence electrons. The molecule has 0 fully saturated rings. The Morgan fingerprint density at radius 2 is 1.87 bits per heavy atom. The van der Waals surface area contributed by atoms with Crippen molar-refractivity contribution in [3.63, 3.8) is 0 Å². The van der Waals surface area contributed by atoms with Gasteiger partial charge < -0.3 is 15.7 Å². The number of aromatic nitrogens is 2. The van der Waals surface area contributed by atoms with Crippen molar-refractivity contribution >= 4 is 11.7 Å². The second-order valence-electron chi connectivity index (χ2n) is 6.69. The summed E-state index contributed by atoms with van der Waals surface area (Å²) in [6, 6.07) is 7.25. The molecule has 0 aliphatic heterocycles. The number of rotatable bonds is 5. The van der Waals surface area contributed by atoms with E-state index in [0.29, 0.717) is 5.56 Å². The van der Waals surface area contributed by atoms with Crippen LogP contribution in [0.25, 0.3) is 5.69 Å². The van der Waals surface area contributed by atoms with Crippen LogP contribution in [0, 0.1) is 18.6 Å². The van der Waals surface area contributed by atoms with Gasteiger partial charge in [-0.05, 0) is 48.9 Å². The molecular formula is C20H17F5N4O2. The van der Waals surface area contributed by atoms with Crippen molar-refractivity contribution in [2.24, 2.45) is 0 Å². The summed E-state index contributed by atoms with van der Waals surface area (Å²) in [5, 5.41) is 17.2. The van der Waals surface area contributed by atoms with Crippen molar-refractivity contribution in [1.29, 1.82) is 0 Å². The van der Waals surface area contributed by atoms with Crippen molar-refractivity contribution in [2.75, 3.05) is 5.32 Å². The average Bonchev–Trinajstić information content (AvgIpc) is 3.10. The molecule has 11 heteroatoms. The Kier molecular flexibility index (Phi) is 6.25. The third kappa shape index (κ3) is 5.37. The second-order valence-corrected chi connectivity index (χ2v) is 6.69. The van der Waals surface area contributed by atoms with Crippen LogP contribution in [-0.2, 0) is 19.3 Å². The van der Waals surface area contributed by atoms with E-state index in [1.54, 1.807) is 6.92 Å². The summed E-state index contributed by atoms with van der Waals surface area (Å²) < 4.78 is 67.7. The van der Waals surface area contributed by atoms with Gasteiger partial charge in [-0.2, -0.15) is 18.3 Å². The first-order chi connectivity index (χ1) is 14.6. The highest BCUT2D eigenvalue weighted by Crippen LogP contribution is 2.30. The molecule has 0 bridgehead atoms. The monoisotopic (exact) mass is 440 g/mol.